The number of hydrogen-bond acceptors (Lipinski definition) is 3. The molecule has 0 atom stereocenters. The number of rotatable bonds is 2. The number of nitrogens with zero attached hydrogens (tertiary/aromatic N) is 3. The molecule has 0 aliphatic heterocycles. The van der Waals surface area contributed by atoms with Crippen LogP contribution in [0.2, 0.25) is 0 Å². The van der Waals surface area contributed by atoms with Crippen molar-refractivity contribution < 1.29 is 0 Å². The summed E-state index contributed by atoms with van der Waals surface area (Å²) in [6, 6.07) is 0. The van der Waals surface area contributed by atoms with Gasteiger partial charge in [-0.25, -0.2) is 0 Å². The smallest absolute Gasteiger partial charge is 0.129 e. The SMILES string of the molecule is BCn1cc(CN)nn1. The molecule has 1 aromatic rings. The van der Waals surface area contributed by atoms with Crippen molar-refractivity contribution in [3.8, 4) is 0 Å². The Hall–Kier alpha value is -0.835. The Kier molecular flexibility index (Phi) is 1.84. The molecule has 0 fully saturated rings. The lowest BCUT2D eigenvalue weighted by Crippen LogP contribution is -1.97. The van der Waals surface area contributed by atoms with E-state index in [2.05, 4.69) is 10.3 Å². The van der Waals surface area contributed by atoms with Crippen LogP contribution in [0.5, 0.6) is 0 Å². The molecular weight excluding hydrogens is 115 g/mol. The van der Waals surface area contributed by atoms with Gasteiger partial charge in [0.1, 0.15) is 7.85 Å². The van der Waals surface area contributed by atoms with Crippen LogP contribution < -0.4 is 5.73 Å². The van der Waals surface area contributed by atoms with Crippen LogP contribution in [0.15, 0.2) is 6.20 Å². The van der Waals surface area contributed by atoms with E-state index in [0.29, 0.717) is 6.54 Å². The predicted molar refractivity (Wildman–Crippen MR) is 36.5 cm³/mol. The molecule has 48 valence electrons. The van der Waals surface area contributed by atoms with Gasteiger partial charge in [0.15, 0.2) is 0 Å². The van der Waals surface area contributed by atoms with Gasteiger partial charge in [-0.3, -0.25) is 4.68 Å². The number of hydrogen-bond donors (Lipinski definition) is 1. The van der Waals surface area contributed by atoms with E-state index in [1.807, 2.05) is 14.0 Å². The standard InChI is InChI=1S/C4H9BN4/c5-3-9-2-4(1-6)7-8-9/h2H,1,3,5-6H2. The van der Waals surface area contributed by atoms with Gasteiger partial charge in [-0.15, -0.1) is 5.10 Å². The van der Waals surface area contributed by atoms with E-state index < -0.39 is 0 Å². The molecule has 0 unspecified atom stereocenters. The van der Waals surface area contributed by atoms with E-state index in [1.165, 1.54) is 0 Å². The van der Waals surface area contributed by atoms with Gasteiger partial charge in [0.05, 0.1) is 5.69 Å². The molecule has 5 heteroatoms. The summed E-state index contributed by atoms with van der Waals surface area (Å²) in [5, 5.41) is 7.59. The van der Waals surface area contributed by atoms with Crippen LogP contribution in [0, 0.1) is 0 Å². The van der Waals surface area contributed by atoms with Crippen LogP contribution in [0.3, 0.4) is 0 Å². The first kappa shape index (κ1) is 6.29. The van der Waals surface area contributed by atoms with Crippen LogP contribution >= 0.6 is 0 Å². The average molecular weight is 124 g/mol. The third kappa shape index (κ3) is 1.29. The predicted octanol–water partition coefficient (Wildman–Crippen LogP) is -1.67. The second-order valence-corrected chi connectivity index (χ2v) is 1.77. The van der Waals surface area contributed by atoms with Gasteiger partial charge in [0, 0.05) is 19.2 Å². The molecule has 0 amide bonds. The molecule has 4 nitrogen and oxygen atoms in total. The van der Waals surface area contributed by atoms with Crippen molar-refractivity contribution in [3.63, 3.8) is 0 Å². The van der Waals surface area contributed by atoms with Crippen LogP contribution in [-0.4, -0.2) is 22.8 Å². The Bertz CT molecular complexity index is 166. The fourth-order valence-corrected chi connectivity index (χ4v) is 0.587. The molecule has 0 aliphatic rings. The summed E-state index contributed by atoms with van der Waals surface area (Å²) in [6.07, 6.45) is 2.70. The van der Waals surface area contributed by atoms with Crippen molar-refractivity contribution in [2.75, 3.05) is 0 Å². The summed E-state index contributed by atoms with van der Waals surface area (Å²) in [6.45, 7) is 0.472. The molecule has 0 saturated carbocycles. The normalized spacial score (nSPS) is 9.89. The first-order chi connectivity index (χ1) is 4.36. The molecule has 1 aromatic heterocycles. The number of nitrogens with two attached hydrogens (primary N) is 1. The van der Waals surface area contributed by atoms with E-state index in [1.54, 1.807) is 4.68 Å². The second-order valence-electron chi connectivity index (χ2n) is 1.77. The van der Waals surface area contributed by atoms with Crippen molar-refractivity contribution >= 4 is 7.85 Å². The van der Waals surface area contributed by atoms with Gasteiger partial charge in [-0.2, -0.15) is 0 Å². The van der Waals surface area contributed by atoms with Crippen LogP contribution in [0.1, 0.15) is 5.69 Å². The highest BCUT2D eigenvalue weighted by Crippen LogP contribution is 1.87. The van der Waals surface area contributed by atoms with Crippen LogP contribution in [-0.2, 0) is 13.0 Å². The maximum Gasteiger partial charge on any atom is 0.129 e. The molecule has 1 heterocycles. The maximum absolute atomic E-state index is 5.30. The highest BCUT2D eigenvalue weighted by molar-refractivity contribution is 6.06. The Morgan fingerprint density at radius 2 is 2.56 bits per heavy atom. The van der Waals surface area contributed by atoms with Gasteiger partial charge < -0.3 is 5.73 Å². The third-order valence-corrected chi connectivity index (χ3v) is 1.12. The minimum absolute atomic E-state index is 0.472. The van der Waals surface area contributed by atoms with Crippen molar-refractivity contribution in [3.05, 3.63) is 11.9 Å². The van der Waals surface area contributed by atoms with E-state index in [4.69, 9.17) is 5.73 Å². The van der Waals surface area contributed by atoms with Crippen molar-refractivity contribution in [1.82, 2.24) is 15.0 Å². The Morgan fingerprint density at radius 3 is 2.89 bits per heavy atom. The van der Waals surface area contributed by atoms with E-state index >= 15 is 0 Å². The quantitative estimate of drug-likeness (QED) is 0.479. The molecular formula is C4H9BN4. The second kappa shape index (κ2) is 2.64. The fourth-order valence-electron chi connectivity index (χ4n) is 0.587. The lowest BCUT2D eigenvalue weighted by Gasteiger charge is -1.86. The summed E-state index contributed by atoms with van der Waals surface area (Å²) in [7, 11) is 2.01. The summed E-state index contributed by atoms with van der Waals surface area (Å²) in [4.78, 5) is 0. The Labute approximate surface area is 54.4 Å². The molecule has 0 aliphatic carbocycles. The maximum atomic E-state index is 5.30. The lowest BCUT2D eigenvalue weighted by atomic mass is 10.2. The van der Waals surface area contributed by atoms with Gasteiger partial charge in [0.2, 0.25) is 0 Å². The third-order valence-electron chi connectivity index (χ3n) is 1.12. The van der Waals surface area contributed by atoms with E-state index in [0.717, 1.165) is 12.1 Å². The monoisotopic (exact) mass is 124 g/mol. The van der Waals surface area contributed by atoms with Crippen LogP contribution in [0.4, 0.5) is 0 Å². The topological polar surface area (TPSA) is 56.7 Å². The zero-order chi connectivity index (χ0) is 6.69. The zero-order valence-corrected chi connectivity index (χ0v) is 5.41. The zero-order valence-electron chi connectivity index (χ0n) is 5.41. The summed E-state index contributed by atoms with van der Waals surface area (Å²) in [5.74, 6) is 0. The summed E-state index contributed by atoms with van der Waals surface area (Å²) < 4.78 is 1.75. The molecule has 0 aromatic carbocycles. The van der Waals surface area contributed by atoms with Crippen molar-refractivity contribution in [2.45, 2.75) is 13.0 Å². The van der Waals surface area contributed by atoms with E-state index in [9.17, 15) is 0 Å². The number of aromatic nitrogens is 3. The van der Waals surface area contributed by atoms with E-state index in [-0.39, 0.29) is 0 Å². The van der Waals surface area contributed by atoms with Gasteiger partial charge in [-0.05, 0) is 0 Å². The van der Waals surface area contributed by atoms with Crippen LogP contribution in [0.25, 0.3) is 0 Å². The summed E-state index contributed by atoms with van der Waals surface area (Å²) >= 11 is 0. The molecule has 0 radical (unpaired) electrons. The molecule has 0 spiro atoms. The summed E-state index contributed by atoms with van der Waals surface area (Å²) in [5.41, 5.74) is 6.15. The Morgan fingerprint density at radius 1 is 1.78 bits per heavy atom. The molecule has 2 N–H and O–H groups in total. The lowest BCUT2D eigenvalue weighted by molar-refractivity contribution is 0.694. The molecule has 1 rings (SSSR count). The first-order valence-electron chi connectivity index (χ1n) is 2.96. The minimum atomic E-state index is 0.472. The van der Waals surface area contributed by atoms with Crippen molar-refractivity contribution in [2.24, 2.45) is 5.73 Å². The van der Waals surface area contributed by atoms with Gasteiger partial charge in [0.25, 0.3) is 0 Å². The molecule has 0 bridgehead atoms. The van der Waals surface area contributed by atoms with Crippen molar-refractivity contribution in [1.29, 1.82) is 0 Å². The van der Waals surface area contributed by atoms with Gasteiger partial charge in [-0.1, -0.05) is 5.21 Å². The van der Waals surface area contributed by atoms with Gasteiger partial charge >= 0.3 is 0 Å². The Balaban J connectivity index is 2.74. The molecule has 9 heavy (non-hydrogen) atoms. The highest BCUT2D eigenvalue weighted by Gasteiger charge is 1.93. The first-order valence-corrected chi connectivity index (χ1v) is 2.96. The highest BCUT2D eigenvalue weighted by atomic mass is 15.4. The average Bonchev–Trinajstić information content (AvgIpc) is 2.34. The minimum Gasteiger partial charge on any atom is -0.325 e. The fraction of sp³-hybridized carbons (Fsp3) is 0.500. The largest absolute Gasteiger partial charge is 0.325 e. The molecule has 0 saturated heterocycles.